The summed E-state index contributed by atoms with van der Waals surface area (Å²) >= 11 is 0. The van der Waals surface area contributed by atoms with Crippen LogP contribution in [0.5, 0.6) is 11.6 Å². The second-order valence-corrected chi connectivity index (χ2v) is 11.2. The number of sulfone groups is 1. The number of pyridine rings is 3. The number of nitrogens with two attached hydrogens (primary N) is 1. The molecule has 4 aromatic rings. The molecular weight excluding hydrogens is 502 g/mol. The van der Waals surface area contributed by atoms with E-state index in [0.29, 0.717) is 17.0 Å². The number of hydrogen-bond acceptors (Lipinski definition) is 9. The quantitative estimate of drug-likeness (QED) is 0.325. The molecule has 0 fully saturated rings. The van der Waals surface area contributed by atoms with E-state index in [-0.39, 0.29) is 22.3 Å². The summed E-state index contributed by atoms with van der Waals surface area (Å²) in [4.78, 5) is 28.2. The van der Waals surface area contributed by atoms with Crippen molar-refractivity contribution in [2.75, 3.05) is 30.5 Å². The third-order valence-corrected chi connectivity index (χ3v) is 7.36. The van der Waals surface area contributed by atoms with Crippen LogP contribution in [0, 0.1) is 20.8 Å². The second kappa shape index (κ2) is 10.6. The lowest BCUT2D eigenvalue weighted by Crippen LogP contribution is -2.19. The Morgan fingerprint density at radius 1 is 0.974 bits per heavy atom. The van der Waals surface area contributed by atoms with Gasteiger partial charge in [-0.3, -0.25) is 4.79 Å². The smallest absolute Gasteiger partial charge is 0.230 e. The molecule has 10 heteroatoms. The molecule has 0 saturated carbocycles. The first-order valence-corrected chi connectivity index (χ1v) is 13.5. The first kappa shape index (κ1) is 26.7. The first-order valence-electron chi connectivity index (χ1n) is 11.8. The molecule has 9 nitrogen and oxygen atoms in total. The van der Waals surface area contributed by atoms with Crippen molar-refractivity contribution in [3.8, 4) is 22.9 Å². The average molecular weight is 532 g/mol. The molecule has 0 aliphatic carbocycles. The molecule has 0 saturated heterocycles. The zero-order valence-corrected chi connectivity index (χ0v) is 22.7. The highest BCUT2D eigenvalue weighted by Gasteiger charge is 2.26. The van der Waals surface area contributed by atoms with Crippen molar-refractivity contribution in [1.29, 1.82) is 0 Å². The fourth-order valence-electron chi connectivity index (χ4n) is 4.05. The number of aryl methyl sites for hydroxylation is 3. The molecule has 0 unspecified atom stereocenters. The van der Waals surface area contributed by atoms with Gasteiger partial charge in [-0.15, -0.1) is 0 Å². The highest BCUT2D eigenvalue weighted by molar-refractivity contribution is 7.92. The maximum absolute atomic E-state index is 13.3. The van der Waals surface area contributed by atoms with E-state index in [1.807, 2.05) is 64.0 Å². The Labute approximate surface area is 222 Å². The summed E-state index contributed by atoms with van der Waals surface area (Å²) in [6, 6.07) is 15.1. The number of carbonyl (C=O) groups is 1. The van der Waals surface area contributed by atoms with Crippen molar-refractivity contribution < 1.29 is 17.9 Å². The van der Waals surface area contributed by atoms with Gasteiger partial charge < -0.3 is 15.4 Å². The van der Waals surface area contributed by atoms with Crippen LogP contribution in [0.4, 0.5) is 11.6 Å². The van der Waals surface area contributed by atoms with Crippen LogP contribution in [0.25, 0.3) is 11.3 Å². The van der Waals surface area contributed by atoms with Crippen LogP contribution in [0.1, 0.15) is 27.0 Å². The third kappa shape index (κ3) is 5.81. The number of Topliss-reactive ketones (excluding diaryl/α,β-unsaturated/α-hetero) is 1. The maximum atomic E-state index is 13.3. The topological polar surface area (TPSA) is 128 Å². The van der Waals surface area contributed by atoms with Gasteiger partial charge in [-0.2, -0.15) is 0 Å². The van der Waals surface area contributed by atoms with Crippen LogP contribution < -0.4 is 15.4 Å². The zero-order chi connectivity index (χ0) is 27.6. The first-order chi connectivity index (χ1) is 17.9. The minimum Gasteiger partial charge on any atom is -0.438 e. The number of ether oxygens (including phenoxy) is 1. The minimum absolute atomic E-state index is 0.00924. The normalized spacial score (nSPS) is 11.3. The van der Waals surface area contributed by atoms with Crippen molar-refractivity contribution >= 4 is 27.3 Å². The molecule has 0 bridgehead atoms. The molecule has 0 aliphatic heterocycles. The van der Waals surface area contributed by atoms with Crippen molar-refractivity contribution in [3.05, 3.63) is 83.0 Å². The number of aromatic nitrogens is 3. The molecule has 0 spiro atoms. The van der Waals surface area contributed by atoms with E-state index in [0.717, 1.165) is 22.5 Å². The number of ketones is 1. The monoisotopic (exact) mass is 531 g/mol. The summed E-state index contributed by atoms with van der Waals surface area (Å²) < 4.78 is 32.1. The number of rotatable bonds is 8. The Hall–Kier alpha value is -4.31. The van der Waals surface area contributed by atoms with Crippen LogP contribution >= 0.6 is 0 Å². The summed E-state index contributed by atoms with van der Waals surface area (Å²) in [5.41, 5.74) is 9.72. The van der Waals surface area contributed by atoms with E-state index in [9.17, 15) is 13.2 Å². The van der Waals surface area contributed by atoms with E-state index in [1.54, 1.807) is 12.3 Å². The maximum Gasteiger partial charge on any atom is 0.230 e. The standard InChI is InChI=1S/C28H29N5O4S/c1-17-13-18(2)27(19(3)14-17)37-28-21(23(34)16-38(35,36)26-8-6-7-24(29)32-26)10-11-22(31-28)20-9-12-25(30-15-20)33(4)5/h6-15H,16H2,1-5H3,(H2,29,32). The predicted molar refractivity (Wildman–Crippen MR) is 148 cm³/mol. The number of anilines is 2. The lowest BCUT2D eigenvalue weighted by Gasteiger charge is -2.16. The molecular formula is C28H29N5O4S. The van der Waals surface area contributed by atoms with Gasteiger partial charge >= 0.3 is 0 Å². The summed E-state index contributed by atoms with van der Waals surface area (Å²) in [6.07, 6.45) is 1.68. The van der Waals surface area contributed by atoms with Crippen LogP contribution in [-0.4, -0.2) is 49.0 Å². The molecule has 0 atom stereocenters. The van der Waals surface area contributed by atoms with E-state index in [2.05, 4.69) is 15.0 Å². The molecule has 2 N–H and O–H groups in total. The van der Waals surface area contributed by atoms with Gasteiger partial charge in [-0.1, -0.05) is 23.8 Å². The lowest BCUT2D eigenvalue weighted by molar-refractivity contribution is 0.101. The molecule has 0 radical (unpaired) electrons. The molecule has 0 aliphatic rings. The fraction of sp³-hybridized carbons (Fsp3) is 0.214. The Bertz CT molecular complexity index is 1590. The number of hydrogen-bond donors (Lipinski definition) is 1. The SMILES string of the molecule is Cc1cc(C)c(Oc2nc(-c3ccc(N(C)C)nc3)ccc2C(=O)CS(=O)(=O)c2cccc(N)n2)c(C)c1. The van der Waals surface area contributed by atoms with Crippen molar-refractivity contribution in [2.45, 2.75) is 25.8 Å². The third-order valence-electron chi connectivity index (χ3n) is 5.85. The highest BCUT2D eigenvalue weighted by atomic mass is 32.2. The summed E-state index contributed by atoms with van der Waals surface area (Å²) in [5, 5.41) is -0.268. The van der Waals surface area contributed by atoms with Crippen molar-refractivity contribution in [1.82, 2.24) is 15.0 Å². The summed E-state index contributed by atoms with van der Waals surface area (Å²) in [6.45, 7) is 5.79. The van der Waals surface area contributed by atoms with E-state index in [4.69, 9.17) is 10.5 Å². The molecule has 3 heterocycles. The van der Waals surface area contributed by atoms with Gasteiger partial charge in [0, 0.05) is 25.9 Å². The Kier molecular flexibility index (Phi) is 7.45. The number of nitrogen functional groups attached to an aromatic ring is 1. The Morgan fingerprint density at radius 3 is 2.29 bits per heavy atom. The highest BCUT2D eigenvalue weighted by Crippen LogP contribution is 2.33. The lowest BCUT2D eigenvalue weighted by atomic mass is 10.1. The average Bonchev–Trinajstić information content (AvgIpc) is 2.86. The zero-order valence-electron chi connectivity index (χ0n) is 21.9. The largest absolute Gasteiger partial charge is 0.438 e. The van der Waals surface area contributed by atoms with Gasteiger partial charge in [-0.25, -0.2) is 23.4 Å². The van der Waals surface area contributed by atoms with Gasteiger partial charge in [0.15, 0.2) is 10.8 Å². The summed E-state index contributed by atoms with van der Waals surface area (Å²) in [5.74, 6) is -0.0974. The molecule has 4 rings (SSSR count). The van der Waals surface area contributed by atoms with E-state index >= 15 is 0 Å². The van der Waals surface area contributed by atoms with Gasteiger partial charge in [0.25, 0.3) is 0 Å². The molecule has 196 valence electrons. The van der Waals surface area contributed by atoms with Crippen molar-refractivity contribution in [2.24, 2.45) is 0 Å². The van der Waals surface area contributed by atoms with Gasteiger partial charge in [0.1, 0.15) is 23.1 Å². The predicted octanol–water partition coefficient (Wildman–Crippen LogP) is 4.56. The molecule has 38 heavy (non-hydrogen) atoms. The number of benzene rings is 1. The summed E-state index contributed by atoms with van der Waals surface area (Å²) in [7, 11) is -0.266. The number of nitrogens with zero attached hydrogens (tertiary/aromatic N) is 4. The van der Waals surface area contributed by atoms with Gasteiger partial charge in [-0.05, 0) is 68.3 Å². The molecule has 1 aromatic carbocycles. The van der Waals surface area contributed by atoms with Crippen molar-refractivity contribution in [3.63, 3.8) is 0 Å². The van der Waals surface area contributed by atoms with Crippen LogP contribution in [0.2, 0.25) is 0 Å². The Morgan fingerprint density at radius 2 is 1.68 bits per heavy atom. The molecule has 0 amide bonds. The van der Waals surface area contributed by atoms with Crippen LogP contribution in [-0.2, 0) is 9.84 Å². The minimum atomic E-state index is -4.06. The molecule has 3 aromatic heterocycles. The van der Waals surface area contributed by atoms with Crippen LogP contribution in [0.3, 0.4) is 0 Å². The fourth-order valence-corrected chi connectivity index (χ4v) is 5.23. The van der Waals surface area contributed by atoms with Gasteiger partial charge in [0.2, 0.25) is 15.7 Å². The number of carbonyl (C=O) groups excluding carboxylic acids is 1. The second-order valence-electron chi connectivity index (χ2n) is 9.26. The van der Waals surface area contributed by atoms with E-state index in [1.165, 1.54) is 24.3 Å². The Balaban J connectivity index is 1.77. The van der Waals surface area contributed by atoms with Crippen LogP contribution in [0.15, 0.2) is 65.8 Å². The van der Waals surface area contributed by atoms with Gasteiger partial charge in [0.05, 0.1) is 11.3 Å². The van der Waals surface area contributed by atoms with E-state index < -0.39 is 21.4 Å².